The van der Waals surface area contributed by atoms with E-state index in [0.717, 1.165) is 31.4 Å². The maximum absolute atomic E-state index is 5.77. The fourth-order valence-electron chi connectivity index (χ4n) is 1.64. The predicted octanol–water partition coefficient (Wildman–Crippen LogP) is 3.61. The second kappa shape index (κ2) is 6.97. The molecule has 2 N–H and O–H groups in total. The lowest BCUT2D eigenvalue weighted by Gasteiger charge is -2.09. The highest BCUT2D eigenvalue weighted by atomic mass is 35.5. The van der Waals surface area contributed by atoms with Gasteiger partial charge in [-0.15, -0.1) is 23.2 Å². The minimum Gasteiger partial charge on any atom is -0.399 e. The normalized spacial score (nSPS) is 10.5. The number of hydrogen-bond donors (Lipinski definition) is 1. The van der Waals surface area contributed by atoms with Gasteiger partial charge in [0.05, 0.1) is 0 Å². The molecule has 0 fully saturated rings. The minimum atomic E-state index is 0.698. The van der Waals surface area contributed by atoms with E-state index in [-0.39, 0.29) is 0 Å². The molecule has 0 aliphatic rings. The van der Waals surface area contributed by atoms with Gasteiger partial charge in [-0.1, -0.05) is 6.07 Å². The molecule has 0 saturated heterocycles. The number of nitrogens with two attached hydrogens (primary N) is 1. The van der Waals surface area contributed by atoms with Gasteiger partial charge in [-0.25, -0.2) is 0 Å². The van der Waals surface area contributed by atoms with Crippen molar-refractivity contribution in [1.82, 2.24) is 0 Å². The molecule has 15 heavy (non-hydrogen) atoms. The number of aryl methyl sites for hydroxylation is 2. The molecular weight excluding hydrogens is 229 g/mol. The maximum Gasteiger partial charge on any atom is 0.0316 e. The van der Waals surface area contributed by atoms with Crippen LogP contribution in [-0.4, -0.2) is 11.8 Å². The third-order valence-corrected chi connectivity index (χ3v) is 2.92. The summed E-state index contributed by atoms with van der Waals surface area (Å²) in [7, 11) is 0. The Kier molecular flexibility index (Phi) is 5.89. The highest BCUT2D eigenvalue weighted by Crippen LogP contribution is 2.17. The number of benzene rings is 1. The number of nitrogen functional groups attached to an aromatic ring is 1. The molecule has 1 nitrogen and oxygen atoms in total. The molecule has 0 heterocycles. The van der Waals surface area contributed by atoms with Gasteiger partial charge in [0.15, 0.2) is 0 Å². The van der Waals surface area contributed by atoms with Crippen LogP contribution in [0.15, 0.2) is 18.2 Å². The molecule has 1 aromatic rings. The zero-order valence-corrected chi connectivity index (χ0v) is 10.3. The summed E-state index contributed by atoms with van der Waals surface area (Å²) in [5.41, 5.74) is 9.27. The third kappa shape index (κ3) is 4.31. The molecule has 84 valence electrons. The van der Waals surface area contributed by atoms with Crippen molar-refractivity contribution in [2.24, 2.45) is 0 Å². The number of rotatable bonds is 6. The van der Waals surface area contributed by atoms with Gasteiger partial charge in [0.1, 0.15) is 0 Å². The van der Waals surface area contributed by atoms with Crippen molar-refractivity contribution in [3.63, 3.8) is 0 Å². The molecule has 0 aromatic heterocycles. The first kappa shape index (κ1) is 12.7. The van der Waals surface area contributed by atoms with Crippen LogP contribution in [0.1, 0.15) is 24.0 Å². The Morgan fingerprint density at radius 2 is 1.53 bits per heavy atom. The zero-order chi connectivity index (χ0) is 11.1. The molecular formula is C12H17Cl2N. The quantitative estimate of drug-likeness (QED) is 0.602. The lowest BCUT2D eigenvalue weighted by molar-refractivity contribution is 0.868. The molecule has 0 amide bonds. The van der Waals surface area contributed by atoms with Gasteiger partial charge in [-0.2, -0.15) is 0 Å². The summed E-state index contributed by atoms with van der Waals surface area (Å²) in [6, 6.07) is 6.11. The molecule has 0 unspecified atom stereocenters. The van der Waals surface area contributed by atoms with Crippen LogP contribution < -0.4 is 5.73 Å². The van der Waals surface area contributed by atoms with Crippen LogP contribution in [0.3, 0.4) is 0 Å². The van der Waals surface area contributed by atoms with Crippen LogP contribution in [0.2, 0.25) is 0 Å². The Morgan fingerprint density at radius 3 is 2.13 bits per heavy atom. The highest BCUT2D eigenvalue weighted by Gasteiger charge is 2.02. The van der Waals surface area contributed by atoms with E-state index in [0.29, 0.717) is 11.8 Å². The van der Waals surface area contributed by atoms with E-state index in [9.17, 15) is 0 Å². The molecule has 1 rings (SSSR count). The molecule has 0 aliphatic heterocycles. The SMILES string of the molecule is Nc1ccc(CCCCl)c(CCCCl)c1. The minimum absolute atomic E-state index is 0.698. The van der Waals surface area contributed by atoms with Crippen molar-refractivity contribution in [3.8, 4) is 0 Å². The molecule has 3 heteroatoms. The van der Waals surface area contributed by atoms with Gasteiger partial charge in [0.2, 0.25) is 0 Å². The van der Waals surface area contributed by atoms with Gasteiger partial charge < -0.3 is 5.73 Å². The van der Waals surface area contributed by atoms with Crippen LogP contribution in [0.4, 0.5) is 5.69 Å². The number of anilines is 1. The topological polar surface area (TPSA) is 26.0 Å². The standard InChI is InChI=1S/C12H17Cl2N/c13-7-1-3-10-5-6-12(15)9-11(10)4-2-8-14/h5-6,9H,1-4,7-8,15H2. The molecule has 0 saturated carbocycles. The first-order valence-electron chi connectivity index (χ1n) is 5.27. The van der Waals surface area contributed by atoms with E-state index >= 15 is 0 Å². The Balaban J connectivity index is 2.73. The van der Waals surface area contributed by atoms with Gasteiger partial charge in [0, 0.05) is 17.4 Å². The second-order valence-corrected chi connectivity index (χ2v) is 4.37. The van der Waals surface area contributed by atoms with Crippen LogP contribution >= 0.6 is 23.2 Å². The van der Waals surface area contributed by atoms with Crippen LogP contribution in [0, 0.1) is 0 Å². The molecule has 0 atom stereocenters. The van der Waals surface area contributed by atoms with Crippen molar-refractivity contribution in [2.75, 3.05) is 17.5 Å². The van der Waals surface area contributed by atoms with Crippen molar-refractivity contribution >= 4 is 28.9 Å². The zero-order valence-electron chi connectivity index (χ0n) is 8.81. The van der Waals surface area contributed by atoms with Crippen molar-refractivity contribution in [3.05, 3.63) is 29.3 Å². The van der Waals surface area contributed by atoms with Crippen LogP contribution in [-0.2, 0) is 12.8 Å². The summed E-state index contributed by atoms with van der Waals surface area (Å²) in [4.78, 5) is 0. The molecule has 0 aliphatic carbocycles. The number of alkyl halides is 2. The lowest BCUT2D eigenvalue weighted by Crippen LogP contribution is -1.98. The van der Waals surface area contributed by atoms with E-state index in [1.165, 1.54) is 11.1 Å². The average Bonchev–Trinajstić information content (AvgIpc) is 2.25. The van der Waals surface area contributed by atoms with E-state index < -0.39 is 0 Å². The van der Waals surface area contributed by atoms with Crippen molar-refractivity contribution in [1.29, 1.82) is 0 Å². The molecule has 0 bridgehead atoms. The predicted molar refractivity (Wildman–Crippen MR) is 68.9 cm³/mol. The van der Waals surface area contributed by atoms with Gasteiger partial charge in [0.25, 0.3) is 0 Å². The van der Waals surface area contributed by atoms with Crippen molar-refractivity contribution < 1.29 is 0 Å². The average molecular weight is 246 g/mol. The summed E-state index contributed by atoms with van der Waals surface area (Å²) in [6.45, 7) is 0. The van der Waals surface area contributed by atoms with E-state index in [4.69, 9.17) is 28.9 Å². The van der Waals surface area contributed by atoms with E-state index in [2.05, 4.69) is 12.1 Å². The number of hydrogen-bond acceptors (Lipinski definition) is 1. The number of halogens is 2. The Labute approximate surface area is 102 Å². The van der Waals surface area contributed by atoms with Gasteiger partial charge >= 0.3 is 0 Å². The Hall–Kier alpha value is -0.400. The lowest BCUT2D eigenvalue weighted by atomic mass is 9.99. The van der Waals surface area contributed by atoms with E-state index in [1.807, 2.05) is 6.07 Å². The van der Waals surface area contributed by atoms with Crippen molar-refractivity contribution in [2.45, 2.75) is 25.7 Å². The molecule has 0 radical (unpaired) electrons. The second-order valence-electron chi connectivity index (χ2n) is 3.61. The summed E-state index contributed by atoms with van der Waals surface area (Å²) in [5, 5.41) is 0. The van der Waals surface area contributed by atoms with Gasteiger partial charge in [-0.3, -0.25) is 0 Å². The highest BCUT2D eigenvalue weighted by molar-refractivity contribution is 6.18. The van der Waals surface area contributed by atoms with Crippen LogP contribution in [0.5, 0.6) is 0 Å². The third-order valence-electron chi connectivity index (χ3n) is 2.39. The summed E-state index contributed by atoms with van der Waals surface area (Å²) in [6.07, 6.45) is 4.05. The Morgan fingerprint density at radius 1 is 0.933 bits per heavy atom. The fraction of sp³-hybridized carbons (Fsp3) is 0.500. The van der Waals surface area contributed by atoms with E-state index in [1.54, 1.807) is 0 Å². The molecule has 1 aromatic carbocycles. The largest absolute Gasteiger partial charge is 0.399 e. The summed E-state index contributed by atoms with van der Waals surface area (Å²) in [5.74, 6) is 1.41. The smallest absolute Gasteiger partial charge is 0.0316 e. The molecule has 0 spiro atoms. The summed E-state index contributed by atoms with van der Waals surface area (Å²) >= 11 is 11.4. The van der Waals surface area contributed by atoms with Gasteiger partial charge in [-0.05, 0) is 48.9 Å². The maximum atomic E-state index is 5.77. The first-order chi connectivity index (χ1) is 7.27. The fourth-order valence-corrected chi connectivity index (χ4v) is 1.90. The van der Waals surface area contributed by atoms with Crippen LogP contribution in [0.25, 0.3) is 0 Å². The Bertz CT molecular complexity index is 300. The monoisotopic (exact) mass is 245 g/mol. The first-order valence-corrected chi connectivity index (χ1v) is 6.34. The summed E-state index contributed by atoms with van der Waals surface area (Å²) < 4.78 is 0.